The minimum atomic E-state index is 0.489. The van der Waals surface area contributed by atoms with E-state index in [2.05, 4.69) is 10.3 Å². The molecule has 0 atom stereocenters. The molecular weight excluding hydrogens is 116 g/mol. The van der Waals surface area contributed by atoms with E-state index in [0.29, 0.717) is 13.0 Å². The van der Waals surface area contributed by atoms with Crippen LogP contribution in [-0.4, -0.2) is 19.3 Å². The quantitative estimate of drug-likeness (QED) is 0.194. The predicted octanol–water partition coefficient (Wildman–Crippen LogP) is 0.337. The fourth-order valence-electron chi connectivity index (χ4n) is 0.322. The summed E-state index contributed by atoms with van der Waals surface area (Å²) in [6.07, 6.45) is 5.70. The highest BCUT2D eigenvalue weighted by molar-refractivity contribution is 5.67. The molecule has 0 aromatic heterocycles. The molecule has 0 saturated heterocycles. The van der Waals surface area contributed by atoms with Gasteiger partial charge in [0.2, 0.25) is 6.41 Å². The first kappa shape index (κ1) is 7.88. The maximum atomic E-state index is 9.58. The number of allylic oxidation sites excluding steroid dienone is 1. The lowest BCUT2D eigenvalue weighted by atomic mass is 10.5. The highest BCUT2D eigenvalue weighted by Crippen LogP contribution is 1.63. The van der Waals surface area contributed by atoms with E-state index < -0.39 is 0 Å². The molecule has 0 unspecified atom stereocenters. The van der Waals surface area contributed by atoms with Gasteiger partial charge in [0, 0.05) is 6.54 Å². The number of carbonyl (C=O) groups excluding carboxylic acids is 1. The third-order valence-corrected chi connectivity index (χ3v) is 0.698. The summed E-state index contributed by atoms with van der Waals surface area (Å²) in [6.45, 7) is 2.65. The summed E-state index contributed by atoms with van der Waals surface area (Å²) >= 11 is 0. The summed E-state index contributed by atoms with van der Waals surface area (Å²) in [7, 11) is 0. The molecule has 0 aromatic carbocycles. The number of carbonyl (C=O) groups is 1. The molecule has 0 saturated carbocycles. The normalized spacial score (nSPS) is 10.8. The Morgan fingerprint density at radius 1 is 1.67 bits per heavy atom. The first-order chi connectivity index (χ1) is 4.41. The minimum Gasteiger partial charge on any atom is -0.373 e. The summed E-state index contributed by atoms with van der Waals surface area (Å²) in [4.78, 5) is 12.9. The molecule has 0 aliphatic rings. The van der Waals surface area contributed by atoms with Crippen molar-refractivity contribution in [2.24, 2.45) is 4.99 Å². The van der Waals surface area contributed by atoms with Gasteiger partial charge in [0.25, 0.3) is 0 Å². The third-order valence-electron chi connectivity index (χ3n) is 0.698. The Morgan fingerprint density at radius 3 is 3.00 bits per heavy atom. The van der Waals surface area contributed by atoms with Gasteiger partial charge in [-0.15, -0.1) is 0 Å². The van der Waals surface area contributed by atoms with Gasteiger partial charge in [0.1, 0.15) is 0 Å². The van der Waals surface area contributed by atoms with Crippen LogP contribution in [0.1, 0.15) is 6.92 Å². The van der Waals surface area contributed by atoms with Crippen molar-refractivity contribution in [3.63, 3.8) is 0 Å². The number of nitrogens with one attached hydrogen (secondary N) is 1. The van der Waals surface area contributed by atoms with Crippen LogP contribution in [0.5, 0.6) is 0 Å². The molecule has 0 radical (unpaired) electrons. The van der Waals surface area contributed by atoms with Crippen LogP contribution in [0.25, 0.3) is 0 Å². The van der Waals surface area contributed by atoms with Gasteiger partial charge in [0.05, 0.1) is 6.34 Å². The Balaban J connectivity index is 3.08. The number of hydrogen-bond donors (Lipinski definition) is 1. The highest BCUT2D eigenvalue weighted by Gasteiger charge is 1.68. The zero-order valence-corrected chi connectivity index (χ0v) is 5.37. The van der Waals surface area contributed by atoms with Crippen molar-refractivity contribution < 1.29 is 4.79 Å². The van der Waals surface area contributed by atoms with E-state index in [1.807, 2.05) is 19.1 Å². The Kier molecular flexibility index (Phi) is 6.02. The lowest BCUT2D eigenvalue weighted by Gasteiger charge is -1.87. The molecule has 0 rings (SSSR count). The van der Waals surface area contributed by atoms with Crippen LogP contribution in [-0.2, 0) is 4.79 Å². The van der Waals surface area contributed by atoms with Crippen molar-refractivity contribution in [2.75, 3.05) is 6.54 Å². The van der Waals surface area contributed by atoms with E-state index in [1.165, 1.54) is 6.34 Å². The highest BCUT2D eigenvalue weighted by atomic mass is 16.1. The van der Waals surface area contributed by atoms with Gasteiger partial charge in [-0.25, -0.2) is 4.99 Å². The largest absolute Gasteiger partial charge is 0.373 e. The SMILES string of the molecule is C/C=C/CN/C=N/C=O. The van der Waals surface area contributed by atoms with E-state index in [4.69, 9.17) is 0 Å². The molecule has 0 aliphatic heterocycles. The lowest BCUT2D eigenvalue weighted by Crippen LogP contribution is -2.09. The van der Waals surface area contributed by atoms with Gasteiger partial charge in [0.15, 0.2) is 0 Å². The second-order valence-corrected chi connectivity index (χ2v) is 1.36. The average molecular weight is 126 g/mol. The fraction of sp³-hybridized carbons (Fsp3) is 0.333. The van der Waals surface area contributed by atoms with E-state index >= 15 is 0 Å². The van der Waals surface area contributed by atoms with Crippen molar-refractivity contribution >= 4 is 12.7 Å². The Bertz CT molecular complexity index is 118. The number of nitrogens with zero attached hydrogens (tertiary/aromatic N) is 1. The molecule has 9 heavy (non-hydrogen) atoms. The lowest BCUT2D eigenvalue weighted by molar-refractivity contribution is -0.106. The van der Waals surface area contributed by atoms with Crippen molar-refractivity contribution in [3.05, 3.63) is 12.2 Å². The molecule has 3 heteroatoms. The number of aliphatic imine (C=N–C) groups is 1. The zero-order valence-electron chi connectivity index (χ0n) is 5.37. The van der Waals surface area contributed by atoms with Crippen LogP contribution in [0.3, 0.4) is 0 Å². The smallest absolute Gasteiger partial charge is 0.234 e. The first-order valence-electron chi connectivity index (χ1n) is 2.71. The van der Waals surface area contributed by atoms with Crippen LogP contribution in [0, 0.1) is 0 Å². The molecule has 0 aromatic rings. The van der Waals surface area contributed by atoms with Crippen LogP contribution in [0.4, 0.5) is 0 Å². The van der Waals surface area contributed by atoms with E-state index in [9.17, 15) is 4.79 Å². The summed E-state index contributed by atoms with van der Waals surface area (Å²) in [6, 6.07) is 0. The minimum absolute atomic E-state index is 0.489. The van der Waals surface area contributed by atoms with Crippen molar-refractivity contribution in [3.8, 4) is 0 Å². The number of hydrogen-bond acceptors (Lipinski definition) is 1. The van der Waals surface area contributed by atoms with E-state index in [0.717, 1.165) is 0 Å². The number of amides is 1. The van der Waals surface area contributed by atoms with Crippen molar-refractivity contribution in [1.29, 1.82) is 0 Å². The van der Waals surface area contributed by atoms with Gasteiger partial charge < -0.3 is 5.32 Å². The topological polar surface area (TPSA) is 41.5 Å². The van der Waals surface area contributed by atoms with Crippen LogP contribution < -0.4 is 5.32 Å². The Hall–Kier alpha value is -1.12. The molecule has 0 bridgehead atoms. The number of rotatable bonds is 4. The van der Waals surface area contributed by atoms with Gasteiger partial charge in [-0.05, 0) is 6.92 Å². The van der Waals surface area contributed by atoms with Gasteiger partial charge in [-0.1, -0.05) is 12.2 Å². The van der Waals surface area contributed by atoms with Gasteiger partial charge >= 0.3 is 0 Å². The first-order valence-corrected chi connectivity index (χ1v) is 2.71. The molecule has 1 N–H and O–H groups in total. The molecule has 1 amide bonds. The molecular formula is C6H10N2O. The van der Waals surface area contributed by atoms with E-state index in [-0.39, 0.29) is 0 Å². The monoisotopic (exact) mass is 126 g/mol. The Morgan fingerprint density at radius 2 is 2.44 bits per heavy atom. The second-order valence-electron chi connectivity index (χ2n) is 1.36. The van der Waals surface area contributed by atoms with Crippen molar-refractivity contribution in [1.82, 2.24) is 5.32 Å². The maximum absolute atomic E-state index is 9.58. The molecule has 3 nitrogen and oxygen atoms in total. The summed E-state index contributed by atoms with van der Waals surface area (Å²) < 4.78 is 0. The summed E-state index contributed by atoms with van der Waals surface area (Å²) in [5, 5.41) is 2.78. The predicted molar refractivity (Wildman–Crippen MR) is 37.4 cm³/mol. The summed E-state index contributed by atoms with van der Waals surface area (Å²) in [5.41, 5.74) is 0. The molecule has 0 fully saturated rings. The Labute approximate surface area is 54.5 Å². The van der Waals surface area contributed by atoms with Crippen LogP contribution in [0.2, 0.25) is 0 Å². The molecule has 0 spiro atoms. The van der Waals surface area contributed by atoms with Gasteiger partial charge in [-0.2, -0.15) is 0 Å². The van der Waals surface area contributed by atoms with Crippen LogP contribution in [0.15, 0.2) is 17.1 Å². The van der Waals surface area contributed by atoms with Crippen LogP contribution >= 0.6 is 0 Å². The van der Waals surface area contributed by atoms with Gasteiger partial charge in [-0.3, -0.25) is 4.79 Å². The maximum Gasteiger partial charge on any atom is 0.234 e. The molecule has 50 valence electrons. The van der Waals surface area contributed by atoms with E-state index in [1.54, 1.807) is 0 Å². The zero-order chi connectivity index (χ0) is 6.95. The summed E-state index contributed by atoms with van der Waals surface area (Å²) in [5.74, 6) is 0. The second kappa shape index (κ2) is 6.88. The standard InChI is InChI=1S/C6H10N2O/c1-2-3-4-7-5-8-6-9/h2-3,5-6H,4H2,1H3,(H,7,8,9)/b3-2+. The molecule has 0 heterocycles. The fourth-order valence-corrected chi connectivity index (χ4v) is 0.322. The van der Waals surface area contributed by atoms with Crippen molar-refractivity contribution in [2.45, 2.75) is 6.92 Å². The molecule has 0 aliphatic carbocycles. The average Bonchev–Trinajstić information content (AvgIpc) is 1.89. The third kappa shape index (κ3) is 6.88.